The number of aromatic hydroxyl groups is 1. The predicted octanol–water partition coefficient (Wildman–Crippen LogP) is 1.12. The van der Waals surface area contributed by atoms with E-state index in [0.717, 1.165) is 11.8 Å². The number of thioether (sulfide) groups is 1. The Morgan fingerprint density at radius 2 is 2.07 bits per heavy atom. The van der Waals surface area contributed by atoms with Crippen LogP contribution in [0.15, 0.2) is 6.33 Å². The number of nitrogens with two attached hydrogens (primary N) is 2. The Morgan fingerprint density at radius 1 is 1.37 bits per heavy atom. The first-order valence-electron chi connectivity index (χ1n) is 12.8. The van der Waals surface area contributed by atoms with Gasteiger partial charge in [0.05, 0.1) is 25.0 Å². The monoisotopic (exact) mass is 618 g/mol. The van der Waals surface area contributed by atoms with Crippen LogP contribution in [0.25, 0.3) is 11.2 Å². The van der Waals surface area contributed by atoms with E-state index in [1.807, 2.05) is 0 Å². The van der Waals surface area contributed by atoms with E-state index in [1.54, 1.807) is 27.7 Å². The summed E-state index contributed by atoms with van der Waals surface area (Å²) in [6.45, 7) is 7.75. The van der Waals surface area contributed by atoms with Crippen LogP contribution in [0.4, 0.5) is 5.95 Å². The summed E-state index contributed by atoms with van der Waals surface area (Å²) in [6, 6.07) is -0.781. The van der Waals surface area contributed by atoms with E-state index in [0.29, 0.717) is 0 Å². The third-order valence-corrected chi connectivity index (χ3v) is 9.35. The normalized spacial score (nSPS) is 29.0. The van der Waals surface area contributed by atoms with Gasteiger partial charge in [-0.15, -0.1) is 0 Å². The Labute approximate surface area is 240 Å². The molecule has 2 aliphatic heterocycles. The Hall–Kier alpha value is -2.37. The first kappa shape index (κ1) is 31.6. The number of phosphoric ester groups is 1. The van der Waals surface area contributed by atoms with Crippen molar-refractivity contribution in [1.29, 1.82) is 0 Å². The largest absolute Gasteiger partial charge is 0.492 e. The molecule has 18 heteroatoms. The molecule has 41 heavy (non-hydrogen) atoms. The summed E-state index contributed by atoms with van der Waals surface area (Å²) >= 11 is 0.913. The molecular weight excluding hydrogens is 583 g/mol. The highest BCUT2D eigenvalue weighted by molar-refractivity contribution is 8.13. The van der Waals surface area contributed by atoms with Crippen LogP contribution in [0.1, 0.15) is 40.8 Å². The Morgan fingerprint density at radius 3 is 2.76 bits per heavy atom. The third kappa shape index (κ3) is 6.51. The fraction of sp³-hybridized carbons (Fsp3) is 0.696. The molecule has 2 aromatic rings. The van der Waals surface area contributed by atoms with Crippen molar-refractivity contribution in [3.8, 4) is 5.88 Å². The van der Waals surface area contributed by atoms with E-state index in [2.05, 4.69) is 15.0 Å². The minimum Gasteiger partial charge on any atom is -0.492 e. The number of carbonyl (C=O) groups is 2. The number of ether oxygens (including phenoxy) is 2. The van der Waals surface area contributed by atoms with E-state index >= 15 is 0 Å². The summed E-state index contributed by atoms with van der Waals surface area (Å²) in [4.78, 5) is 36.5. The van der Waals surface area contributed by atoms with Crippen molar-refractivity contribution in [1.82, 2.24) is 19.5 Å². The number of imidazole rings is 1. The molecule has 16 nitrogen and oxygen atoms in total. The van der Waals surface area contributed by atoms with Crippen molar-refractivity contribution in [2.45, 2.75) is 64.7 Å². The second kappa shape index (κ2) is 11.7. The van der Waals surface area contributed by atoms with Crippen molar-refractivity contribution < 1.29 is 47.4 Å². The predicted molar refractivity (Wildman–Crippen MR) is 145 cm³/mol. The number of hydrogen-bond acceptors (Lipinski definition) is 16. The van der Waals surface area contributed by atoms with Crippen molar-refractivity contribution in [2.75, 3.05) is 31.3 Å². The maximum Gasteiger partial charge on any atom is 0.475 e. The summed E-state index contributed by atoms with van der Waals surface area (Å²) < 4.78 is 42.1. The fourth-order valence-corrected chi connectivity index (χ4v) is 6.58. The van der Waals surface area contributed by atoms with Crippen LogP contribution >= 0.6 is 19.6 Å². The minimum atomic E-state index is -4.14. The molecule has 6 N–H and O–H groups in total. The van der Waals surface area contributed by atoms with Gasteiger partial charge in [-0.3, -0.25) is 27.7 Å². The summed E-state index contributed by atoms with van der Waals surface area (Å²) in [5, 5.41) is 21.1. The van der Waals surface area contributed by atoms with Crippen LogP contribution < -0.4 is 11.5 Å². The van der Waals surface area contributed by atoms with Crippen LogP contribution in [0.3, 0.4) is 0 Å². The second-order valence-electron chi connectivity index (χ2n) is 11.0. The van der Waals surface area contributed by atoms with Gasteiger partial charge >= 0.3 is 13.8 Å². The molecule has 0 radical (unpaired) electrons. The van der Waals surface area contributed by atoms with Crippen LogP contribution in [0.5, 0.6) is 5.88 Å². The maximum absolute atomic E-state index is 13.2. The smallest absolute Gasteiger partial charge is 0.475 e. The number of nitrogens with zero attached hydrogens (tertiary/aromatic N) is 4. The number of esters is 1. The lowest BCUT2D eigenvalue weighted by atomic mass is 9.96. The number of fused-ring (bicyclic) bond motifs is 2. The number of nitrogen functional groups attached to an aromatic ring is 1. The van der Waals surface area contributed by atoms with Crippen molar-refractivity contribution in [3.05, 3.63) is 6.33 Å². The van der Waals surface area contributed by atoms with Gasteiger partial charge in [0.1, 0.15) is 30.5 Å². The zero-order valence-electron chi connectivity index (χ0n) is 23.3. The molecule has 0 aromatic carbocycles. The summed E-state index contributed by atoms with van der Waals surface area (Å²) in [7, 11) is -4.14. The number of anilines is 1. The minimum absolute atomic E-state index is 0.0483. The molecule has 2 fully saturated rings. The zero-order chi connectivity index (χ0) is 30.3. The summed E-state index contributed by atoms with van der Waals surface area (Å²) in [5.41, 5.74) is 8.83. The average molecular weight is 619 g/mol. The van der Waals surface area contributed by atoms with Gasteiger partial charge in [-0.25, -0.2) is 9.55 Å². The highest BCUT2D eigenvalue weighted by Gasteiger charge is 2.60. The van der Waals surface area contributed by atoms with Crippen LogP contribution in [0, 0.1) is 11.3 Å². The molecule has 228 valence electrons. The molecule has 2 saturated heterocycles. The number of hydrogen-bond donors (Lipinski definition) is 4. The maximum atomic E-state index is 13.2. The van der Waals surface area contributed by atoms with Gasteiger partial charge in [0.25, 0.3) is 0 Å². The van der Waals surface area contributed by atoms with Crippen LogP contribution in [0.2, 0.25) is 0 Å². The van der Waals surface area contributed by atoms with Crippen LogP contribution in [-0.2, 0) is 37.2 Å². The molecular formula is C23H35N6O10PS. The van der Waals surface area contributed by atoms with Crippen molar-refractivity contribution in [3.63, 3.8) is 0 Å². The molecule has 0 bridgehead atoms. The molecule has 4 rings (SSSR count). The molecule has 0 saturated carbocycles. The van der Waals surface area contributed by atoms with Gasteiger partial charge in [0.2, 0.25) is 11.8 Å². The molecule has 4 heterocycles. The number of rotatable bonds is 10. The van der Waals surface area contributed by atoms with Gasteiger partial charge in [-0.05, 0) is 26.7 Å². The van der Waals surface area contributed by atoms with Gasteiger partial charge in [-0.1, -0.05) is 25.6 Å². The second-order valence-corrected chi connectivity index (χ2v) is 13.7. The lowest BCUT2D eigenvalue weighted by Gasteiger charge is -2.35. The van der Waals surface area contributed by atoms with E-state index in [1.165, 1.54) is 17.8 Å². The summed E-state index contributed by atoms with van der Waals surface area (Å²) in [6.07, 6.45) is -1.78. The Balaban J connectivity index is 1.32. The molecule has 0 amide bonds. The Kier molecular flexibility index (Phi) is 9.02. The van der Waals surface area contributed by atoms with Gasteiger partial charge in [0, 0.05) is 5.75 Å². The van der Waals surface area contributed by atoms with Crippen LogP contribution in [-0.4, -0.2) is 90.2 Å². The van der Waals surface area contributed by atoms with Gasteiger partial charge in [-0.2, -0.15) is 9.97 Å². The highest BCUT2D eigenvalue weighted by atomic mass is 32.2. The van der Waals surface area contributed by atoms with Crippen molar-refractivity contribution >= 4 is 47.8 Å². The Bertz CT molecular complexity index is 1350. The topological polar surface area (TPSA) is 233 Å². The quantitative estimate of drug-likeness (QED) is 0.166. The standard InChI is InChI=1S/C23H35N6O10PS/c1-11(2)13(24)18(31)35-9-22(3,4)20(32)41-7-6-36-40(34)37-8-12-15(39-40)23(5,33)19(38-12)29-10-26-14-16(29)27-21(25)28-17(14)30/h10-13,15,19,33H,6-9,24H2,1-5H3,(H3,25,27,28,30)/t12-,13+,15-,19-,23-,40?/m1/s1. The van der Waals surface area contributed by atoms with Gasteiger partial charge < -0.3 is 31.2 Å². The first-order valence-corrected chi connectivity index (χ1v) is 15.2. The molecule has 0 spiro atoms. The highest BCUT2D eigenvalue weighted by Crippen LogP contribution is 2.58. The van der Waals surface area contributed by atoms with E-state index in [-0.39, 0.29) is 53.7 Å². The van der Waals surface area contributed by atoms with E-state index in [4.69, 9.17) is 34.5 Å². The lowest BCUT2D eigenvalue weighted by Crippen LogP contribution is -2.47. The molecule has 2 aromatic heterocycles. The number of phosphoric acid groups is 1. The van der Waals surface area contributed by atoms with E-state index in [9.17, 15) is 24.4 Å². The number of carbonyl (C=O) groups excluding carboxylic acids is 2. The molecule has 2 aliphatic rings. The first-order chi connectivity index (χ1) is 19.1. The van der Waals surface area contributed by atoms with Gasteiger partial charge in [0.15, 0.2) is 22.5 Å². The zero-order valence-corrected chi connectivity index (χ0v) is 25.0. The third-order valence-electron chi connectivity index (χ3n) is 6.71. The SMILES string of the molecule is CC(C)[C@H](N)C(=O)OCC(C)(C)C(=O)SCCOP1(=O)OC[C@H]2O[C@@H](n3cnc4c(O)nc(N)nc43)[C@](C)(O)[C@@H]2O1. The molecule has 6 atom stereocenters. The average Bonchev–Trinajstić information content (AvgIpc) is 3.42. The molecule has 1 unspecified atom stereocenters. The fourth-order valence-electron chi connectivity index (χ4n) is 4.19. The number of aromatic nitrogens is 4. The van der Waals surface area contributed by atoms with E-state index < -0.39 is 55.2 Å². The number of aliphatic hydroxyl groups is 1. The van der Waals surface area contributed by atoms with Crippen molar-refractivity contribution in [2.24, 2.45) is 17.1 Å². The lowest BCUT2D eigenvalue weighted by molar-refractivity contribution is -0.150. The summed E-state index contributed by atoms with van der Waals surface area (Å²) in [5.74, 6) is -1.22. The molecule has 0 aliphatic carbocycles.